The molecule has 0 fully saturated rings. The van der Waals surface area contributed by atoms with Crippen LogP contribution >= 0.6 is 11.3 Å². The lowest BCUT2D eigenvalue weighted by atomic mass is 10.1. The average molecular weight is 773 g/mol. The fourth-order valence-corrected chi connectivity index (χ4v) is 6.91. The van der Waals surface area contributed by atoms with E-state index < -0.39 is 23.9 Å². The first-order chi connectivity index (χ1) is 26.4. The van der Waals surface area contributed by atoms with E-state index in [1.807, 2.05) is 26.0 Å². The van der Waals surface area contributed by atoms with Crippen molar-refractivity contribution >= 4 is 56.4 Å². The number of benzene rings is 1. The Kier molecular flexibility index (Phi) is 11.5. The second-order valence-corrected chi connectivity index (χ2v) is 13.3. The van der Waals surface area contributed by atoms with Crippen LogP contribution in [0, 0.1) is 13.8 Å². The molecule has 0 aliphatic heterocycles. The highest BCUT2D eigenvalue weighted by molar-refractivity contribution is 7.16. The largest absolute Gasteiger partial charge is 0.491 e. The van der Waals surface area contributed by atoms with E-state index in [-0.39, 0.29) is 60.6 Å². The average Bonchev–Trinajstić information content (AvgIpc) is 3.92. The number of nitrogens with two attached hydrogens (primary N) is 2. The third-order valence-electron chi connectivity index (χ3n) is 8.41. The van der Waals surface area contributed by atoms with Gasteiger partial charge in [-0.25, -0.2) is 19.9 Å². The standard InChI is InChI=1S/C36H40N10O8S/c1-5-22-28(53-18(3)40-22)33(50)43-35-42-24-14-20(30(37)48)15-25(52-13-9-12-47)27(24)45(35)10-7-8-11-46-32-26(16-21(17-39-32)31(38)49)55-36(46)44-34(51)29-23(6-2)41-19(4)54-29/h7-8,14-17,33,47,50H,5-6,9-13H2,1-4H3,(H2,37,48)(H2,38,49)(H,42,43)/b8-7+,44-36?. The van der Waals surface area contributed by atoms with Gasteiger partial charge in [0.1, 0.15) is 11.3 Å². The first-order valence-electron chi connectivity index (χ1n) is 17.4. The van der Waals surface area contributed by atoms with Gasteiger partial charge in [-0.1, -0.05) is 37.3 Å². The predicted octanol–water partition coefficient (Wildman–Crippen LogP) is 3.22. The summed E-state index contributed by atoms with van der Waals surface area (Å²) < 4.78 is 21.3. The van der Waals surface area contributed by atoms with Crippen LogP contribution < -0.4 is 26.3 Å². The van der Waals surface area contributed by atoms with E-state index in [1.54, 1.807) is 29.0 Å². The Morgan fingerprint density at radius 3 is 2.36 bits per heavy atom. The lowest BCUT2D eigenvalue weighted by molar-refractivity contribution is 0.0966. The molecule has 288 valence electrons. The number of carbonyl (C=O) groups excluding carboxylic acids is 3. The molecule has 0 saturated carbocycles. The van der Waals surface area contributed by atoms with Gasteiger partial charge in [0.05, 0.1) is 33.8 Å². The molecule has 0 radical (unpaired) electrons. The Hall–Kier alpha value is -6.18. The van der Waals surface area contributed by atoms with E-state index in [0.717, 1.165) is 11.3 Å². The van der Waals surface area contributed by atoms with Gasteiger partial charge < -0.3 is 45.1 Å². The monoisotopic (exact) mass is 772 g/mol. The molecule has 3 amide bonds. The van der Waals surface area contributed by atoms with Gasteiger partial charge in [0, 0.05) is 51.7 Å². The Bertz CT molecular complexity index is 2510. The summed E-state index contributed by atoms with van der Waals surface area (Å²) in [6.45, 7) is 7.47. The molecule has 0 aliphatic carbocycles. The van der Waals surface area contributed by atoms with Crippen molar-refractivity contribution < 1.29 is 38.2 Å². The van der Waals surface area contributed by atoms with E-state index in [9.17, 15) is 24.6 Å². The molecule has 1 unspecified atom stereocenters. The van der Waals surface area contributed by atoms with E-state index in [2.05, 4.69) is 25.3 Å². The number of hydrogen-bond donors (Lipinski definition) is 5. The van der Waals surface area contributed by atoms with Gasteiger partial charge in [0.25, 0.3) is 0 Å². The number of ether oxygens (including phenoxy) is 1. The number of thiazole rings is 1. The molecule has 6 aromatic rings. The van der Waals surface area contributed by atoms with Crippen LogP contribution in [0.5, 0.6) is 5.75 Å². The number of allylic oxidation sites excluding steroid dienone is 2. The maximum Gasteiger partial charge on any atom is 0.317 e. The van der Waals surface area contributed by atoms with Crippen LogP contribution in [0.3, 0.4) is 0 Å². The van der Waals surface area contributed by atoms with Gasteiger partial charge in [-0.2, -0.15) is 4.99 Å². The van der Waals surface area contributed by atoms with E-state index >= 15 is 0 Å². The summed E-state index contributed by atoms with van der Waals surface area (Å²) in [4.78, 5) is 60.0. The summed E-state index contributed by atoms with van der Waals surface area (Å²) in [5.74, 6) is -0.449. The van der Waals surface area contributed by atoms with Crippen molar-refractivity contribution in [2.24, 2.45) is 16.5 Å². The fourth-order valence-electron chi connectivity index (χ4n) is 5.87. The van der Waals surface area contributed by atoms with Crippen molar-refractivity contribution in [3.8, 4) is 5.75 Å². The SMILES string of the molecule is CCc1nc(C)oc1C(=O)N=c1sc2cc(C(N)=O)cnc2n1C/C=C/Cn1c(NC(O)c2oc(C)nc2CC)nc2cc(C(N)=O)cc(OCCCO)c21. The normalized spacial score (nSPS) is 12.7. The minimum absolute atomic E-state index is 0.0441. The predicted molar refractivity (Wildman–Crippen MR) is 200 cm³/mol. The molecular formula is C36H40N10O8S. The third-order valence-corrected chi connectivity index (χ3v) is 9.43. The van der Waals surface area contributed by atoms with Crippen molar-refractivity contribution in [2.75, 3.05) is 18.5 Å². The maximum atomic E-state index is 13.4. The minimum atomic E-state index is -1.34. The number of nitrogens with zero attached hydrogens (tertiary/aromatic N) is 7. The van der Waals surface area contributed by atoms with Crippen LogP contribution in [0.2, 0.25) is 0 Å². The number of primary amides is 2. The molecule has 0 bridgehead atoms. The summed E-state index contributed by atoms with van der Waals surface area (Å²) in [7, 11) is 0. The molecule has 0 saturated heterocycles. The van der Waals surface area contributed by atoms with Gasteiger partial charge >= 0.3 is 5.91 Å². The molecule has 19 heteroatoms. The molecule has 0 aliphatic rings. The number of anilines is 1. The number of aliphatic hydroxyl groups is 2. The van der Waals surface area contributed by atoms with Crippen LogP contribution in [0.15, 0.2) is 50.4 Å². The minimum Gasteiger partial charge on any atom is -0.491 e. The van der Waals surface area contributed by atoms with Gasteiger partial charge in [-0.3, -0.25) is 19.0 Å². The quantitative estimate of drug-likeness (QED) is 0.0538. The summed E-state index contributed by atoms with van der Waals surface area (Å²) in [6, 6.07) is 4.62. The van der Waals surface area contributed by atoms with Gasteiger partial charge in [0.15, 0.2) is 34.2 Å². The first kappa shape index (κ1) is 38.5. The molecule has 0 spiro atoms. The number of aryl methyl sites for hydroxylation is 4. The zero-order valence-electron chi connectivity index (χ0n) is 30.5. The summed E-state index contributed by atoms with van der Waals surface area (Å²) in [5.41, 5.74) is 13.9. The molecule has 6 rings (SSSR count). The second kappa shape index (κ2) is 16.5. The second-order valence-electron chi connectivity index (χ2n) is 12.3. The lowest BCUT2D eigenvalue weighted by Crippen LogP contribution is -2.17. The Balaban J connectivity index is 1.40. The van der Waals surface area contributed by atoms with Crippen molar-refractivity contribution in [3.63, 3.8) is 0 Å². The Labute approximate surface area is 317 Å². The molecular weight excluding hydrogens is 733 g/mol. The fraction of sp³-hybridized carbons (Fsp3) is 0.333. The summed E-state index contributed by atoms with van der Waals surface area (Å²) in [5, 5.41) is 23.7. The number of fused-ring (bicyclic) bond motifs is 2. The molecule has 55 heavy (non-hydrogen) atoms. The van der Waals surface area contributed by atoms with Gasteiger partial charge in [0.2, 0.25) is 23.5 Å². The molecule has 5 heterocycles. The lowest BCUT2D eigenvalue weighted by Gasteiger charge is -2.15. The van der Waals surface area contributed by atoms with E-state index in [0.29, 0.717) is 68.6 Å². The third kappa shape index (κ3) is 8.17. The number of rotatable bonds is 16. The number of hydrogen-bond acceptors (Lipinski definition) is 14. The number of carbonyl (C=O) groups is 3. The number of aromatic nitrogens is 6. The molecule has 1 atom stereocenters. The van der Waals surface area contributed by atoms with Crippen molar-refractivity contribution in [3.05, 3.63) is 87.2 Å². The molecule has 7 N–H and O–H groups in total. The Morgan fingerprint density at radius 1 is 0.982 bits per heavy atom. The number of nitrogens with one attached hydrogen (secondary N) is 1. The first-order valence-corrected chi connectivity index (χ1v) is 18.2. The molecule has 18 nitrogen and oxygen atoms in total. The highest BCUT2D eigenvalue weighted by Gasteiger charge is 2.24. The molecule has 5 aromatic heterocycles. The Morgan fingerprint density at radius 2 is 1.67 bits per heavy atom. The highest BCUT2D eigenvalue weighted by Crippen LogP contribution is 2.33. The smallest absolute Gasteiger partial charge is 0.317 e. The summed E-state index contributed by atoms with van der Waals surface area (Å²) >= 11 is 1.15. The zero-order chi connectivity index (χ0) is 39.4. The number of pyridine rings is 1. The number of oxazole rings is 2. The van der Waals surface area contributed by atoms with Crippen molar-refractivity contribution in [1.29, 1.82) is 0 Å². The van der Waals surface area contributed by atoms with E-state index in [4.69, 9.17) is 30.0 Å². The molecule has 1 aromatic carbocycles. The number of amides is 3. The number of aliphatic hydroxyl groups excluding tert-OH is 2. The highest BCUT2D eigenvalue weighted by atomic mass is 32.1. The van der Waals surface area contributed by atoms with Crippen LogP contribution in [0.4, 0.5) is 5.95 Å². The van der Waals surface area contributed by atoms with Crippen LogP contribution in [-0.2, 0) is 25.9 Å². The van der Waals surface area contributed by atoms with Gasteiger partial charge in [-0.15, -0.1) is 0 Å². The van der Waals surface area contributed by atoms with E-state index in [1.165, 1.54) is 18.3 Å². The number of imidazole rings is 1. The van der Waals surface area contributed by atoms with Crippen LogP contribution in [0.25, 0.3) is 21.4 Å². The maximum absolute atomic E-state index is 13.4. The van der Waals surface area contributed by atoms with Crippen molar-refractivity contribution in [2.45, 2.75) is 66.3 Å². The van der Waals surface area contributed by atoms with Crippen LogP contribution in [0.1, 0.15) is 86.7 Å². The van der Waals surface area contributed by atoms with Crippen molar-refractivity contribution in [1.82, 2.24) is 29.1 Å². The van der Waals surface area contributed by atoms with Crippen LogP contribution in [-0.4, -0.2) is 70.2 Å². The van der Waals surface area contributed by atoms with Gasteiger partial charge in [-0.05, 0) is 31.0 Å². The topological polar surface area (TPSA) is 265 Å². The summed E-state index contributed by atoms with van der Waals surface area (Å²) in [6.07, 6.45) is 4.98. The zero-order valence-corrected chi connectivity index (χ0v) is 31.3.